The molecule has 0 fully saturated rings. The first-order chi connectivity index (χ1) is 8.43. The fraction of sp³-hybridized carbons (Fsp3) is 0.556. The molecule has 1 N–H and O–H groups in total. The van der Waals surface area contributed by atoms with E-state index in [0.717, 1.165) is 23.1 Å². The third-order valence-electron chi connectivity index (χ3n) is 3.29. The van der Waals surface area contributed by atoms with E-state index in [1.54, 1.807) is 0 Å². The average Bonchev–Trinajstić information content (AvgIpc) is 2.16. The van der Waals surface area contributed by atoms with Crippen molar-refractivity contribution >= 4 is 0 Å². The van der Waals surface area contributed by atoms with Crippen molar-refractivity contribution in [3.05, 3.63) is 41.0 Å². The summed E-state index contributed by atoms with van der Waals surface area (Å²) in [6.07, 6.45) is 0.868. The summed E-state index contributed by atoms with van der Waals surface area (Å²) in [6, 6.07) is 4.25. The van der Waals surface area contributed by atoms with Crippen molar-refractivity contribution in [2.45, 2.75) is 65.7 Å². The Morgan fingerprint density at radius 3 is 1.63 bits per heavy atom. The van der Waals surface area contributed by atoms with Gasteiger partial charge in [0.2, 0.25) is 0 Å². The topological polar surface area (TPSA) is 20.2 Å². The minimum absolute atomic E-state index is 0.0603. The molecule has 0 atom stereocenters. The molecule has 1 rings (SSSR count). The normalized spacial score (nSPS) is 12.6. The second-order valence-electron chi connectivity index (χ2n) is 7.67. The van der Waals surface area contributed by atoms with E-state index in [1.165, 1.54) is 5.56 Å². The van der Waals surface area contributed by atoms with Crippen molar-refractivity contribution in [1.82, 2.24) is 0 Å². The Balaban J connectivity index is 3.52. The summed E-state index contributed by atoms with van der Waals surface area (Å²) >= 11 is 0. The highest BCUT2D eigenvalue weighted by Crippen LogP contribution is 2.40. The zero-order chi connectivity index (χ0) is 15.0. The zero-order valence-electron chi connectivity index (χ0n) is 13.5. The molecule has 0 aromatic heterocycles. The molecule has 0 saturated heterocycles. The molecule has 0 bridgehead atoms. The predicted molar refractivity (Wildman–Crippen MR) is 84.0 cm³/mol. The molecule has 106 valence electrons. The molecular weight excluding hydrogens is 232 g/mol. The minimum atomic E-state index is -0.0603. The largest absolute Gasteiger partial charge is 0.507 e. The van der Waals surface area contributed by atoms with Crippen molar-refractivity contribution in [1.29, 1.82) is 0 Å². The number of hydrogen-bond donors (Lipinski definition) is 1. The smallest absolute Gasteiger partial charge is 0.123 e. The summed E-state index contributed by atoms with van der Waals surface area (Å²) in [5.41, 5.74) is 4.31. The van der Waals surface area contributed by atoms with Gasteiger partial charge < -0.3 is 5.11 Å². The van der Waals surface area contributed by atoms with Gasteiger partial charge in [0, 0.05) is 0 Å². The molecule has 1 aromatic rings. The Hall–Kier alpha value is -1.24. The standard InChI is InChI=1S/C18H28O/c1-12(2)9-13-10-14(17(3,4)5)16(19)15(11-13)18(6,7)8/h10-11,19H,1,9H2,2-8H3. The highest BCUT2D eigenvalue weighted by Gasteiger charge is 2.26. The van der Waals surface area contributed by atoms with Gasteiger partial charge in [-0.15, -0.1) is 0 Å². The van der Waals surface area contributed by atoms with Crippen LogP contribution in [0.1, 0.15) is 65.2 Å². The lowest BCUT2D eigenvalue weighted by atomic mass is 9.78. The van der Waals surface area contributed by atoms with Crippen molar-refractivity contribution in [2.24, 2.45) is 0 Å². The molecule has 0 heterocycles. The fourth-order valence-electron chi connectivity index (χ4n) is 2.29. The van der Waals surface area contributed by atoms with Crippen LogP contribution in [0.5, 0.6) is 5.75 Å². The van der Waals surface area contributed by atoms with Crippen LogP contribution in [0.4, 0.5) is 0 Å². The number of rotatable bonds is 2. The van der Waals surface area contributed by atoms with Crippen LogP contribution < -0.4 is 0 Å². The summed E-state index contributed by atoms with van der Waals surface area (Å²) < 4.78 is 0. The molecule has 0 saturated carbocycles. The summed E-state index contributed by atoms with van der Waals surface area (Å²) in [6.45, 7) is 18.9. The lowest BCUT2D eigenvalue weighted by Gasteiger charge is -2.28. The number of aromatic hydroxyl groups is 1. The van der Waals surface area contributed by atoms with Gasteiger partial charge in [0.25, 0.3) is 0 Å². The van der Waals surface area contributed by atoms with Crippen LogP contribution >= 0.6 is 0 Å². The van der Waals surface area contributed by atoms with Gasteiger partial charge in [0.05, 0.1) is 0 Å². The summed E-state index contributed by atoms with van der Waals surface area (Å²) in [5.74, 6) is 0.450. The summed E-state index contributed by atoms with van der Waals surface area (Å²) in [7, 11) is 0. The van der Waals surface area contributed by atoms with Gasteiger partial charge in [-0.25, -0.2) is 0 Å². The van der Waals surface area contributed by atoms with Crippen molar-refractivity contribution < 1.29 is 5.11 Å². The van der Waals surface area contributed by atoms with E-state index in [2.05, 4.69) is 60.3 Å². The van der Waals surface area contributed by atoms with E-state index in [0.29, 0.717) is 5.75 Å². The minimum Gasteiger partial charge on any atom is -0.507 e. The first kappa shape index (κ1) is 15.8. The van der Waals surface area contributed by atoms with E-state index >= 15 is 0 Å². The van der Waals surface area contributed by atoms with Crippen LogP contribution in [-0.4, -0.2) is 5.11 Å². The van der Waals surface area contributed by atoms with Gasteiger partial charge in [-0.1, -0.05) is 65.8 Å². The maximum absolute atomic E-state index is 10.6. The Morgan fingerprint density at radius 2 is 1.37 bits per heavy atom. The van der Waals surface area contributed by atoms with E-state index < -0.39 is 0 Å². The van der Waals surface area contributed by atoms with Crippen molar-refractivity contribution in [3.63, 3.8) is 0 Å². The molecular formula is C18H28O. The molecule has 19 heavy (non-hydrogen) atoms. The molecule has 1 nitrogen and oxygen atoms in total. The Morgan fingerprint density at radius 1 is 1.00 bits per heavy atom. The van der Waals surface area contributed by atoms with Crippen LogP contribution in [-0.2, 0) is 17.3 Å². The molecule has 0 spiro atoms. The number of phenols is 1. The second kappa shape index (κ2) is 5.03. The SMILES string of the molecule is C=C(C)Cc1cc(C(C)(C)C)c(O)c(C(C)(C)C)c1. The van der Waals surface area contributed by atoms with Gasteiger partial charge in [-0.2, -0.15) is 0 Å². The fourth-order valence-corrected chi connectivity index (χ4v) is 2.29. The quantitative estimate of drug-likeness (QED) is 0.733. The summed E-state index contributed by atoms with van der Waals surface area (Å²) in [5, 5.41) is 10.6. The van der Waals surface area contributed by atoms with Gasteiger partial charge in [-0.05, 0) is 40.9 Å². The van der Waals surface area contributed by atoms with Crippen molar-refractivity contribution in [3.8, 4) is 5.75 Å². The van der Waals surface area contributed by atoms with E-state index in [9.17, 15) is 5.11 Å². The molecule has 0 radical (unpaired) electrons. The van der Waals surface area contributed by atoms with Crippen LogP contribution in [0, 0.1) is 0 Å². The van der Waals surface area contributed by atoms with Crippen LogP contribution in [0.2, 0.25) is 0 Å². The number of allylic oxidation sites excluding steroid dienone is 1. The van der Waals surface area contributed by atoms with E-state index in [-0.39, 0.29) is 10.8 Å². The van der Waals surface area contributed by atoms with Crippen LogP contribution in [0.3, 0.4) is 0 Å². The van der Waals surface area contributed by atoms with Gasteiger partial charge in [0.15, 0.2) is 0 Å². The lowest BCUT2D eigenvalue weighted by Crippen LogP contribution is -2.18. The highest BCUT2D eigenvalue weighted by molar-refractivity contribution is 5.50. The average molecular weight is 260 g/mol. The third kappa shape index (κ3) is 3.86. The molecule has 0 aliphatic heterocycles. The number of benzene rings is 1. The van der Waals surface area contributed by atoms with Gasteiger partial charge >= 0.3 is 0 Å². The first-order valence-electron chi connectivity index (χ1n) is 6.94. The summed E-state index contributed by atoms with van der Waals surface area (Å²) in [4.78, 5) is 0. The van der Waals surface area contributed by atoms with E-state index in [1.807, 2.05) is 6.92 Å². The van der Waals surface area contributed by atoms with Gasteiger partial charge in [-0.3, -0.25) is 0 Å². The third-order valence-corrected chi connectivity index (χ3v) is 3.29. The van der Waals surface area contributed by atoms with E-state index in [4.69, 9.17) is 0 Å². The second-order valence-corrected chi connectivity index (χ2v) is 7.67. The molecule has 0 amide bonds. The Bertz CT molecular complexity index is 446. The Labute approximate surface area is 118 Å². The molecule has 1 heteroatoms. The predicted octanol–water partition coefficient (Wildman–Crippen LogP) is 5.11. The van der Waals surface area contributed by atoms with Crippen LogP contribution in [0.15, 0.2) is 24.3 Å². The monoisotopic (exact) mass is 260 g/mol. The lowest BCUT2D eigenvalue weighted by molar-refractivity contribution is 0.423. The van der Waals surface area contributed by atoms with Gasteiger partial charge in [0.1, 0.15) is 5.75 Å². The highest BCUT2D eigenvalue weighted by atomic mass is 16.3. The zero-order valence-corrected chi connectivity index (χ0v) is 13.5. The molecule has 0 aliphatic carbocycles. The maximum Gasteiger partial charge on any atom is 0.123 e. The van der Waals surface area contributed by atoms with Crippen molar-refractivity contribution in [2.75, 3.05) is 0 Å². The molecule has 0 aliphatic rings. The molecule has 0 unspecified atom stereocenters. The van der Waals surface area contributed by atoms with Crippen LogP contribution in [0.25, 0.3) is 0 Å². The molecule has 1 aromatic carbocycles. The number of phenolic OH excluding ortho intramolecular Hbond substituents is 1. The Kier molecular flexibility index (Phi) is 4.19. The maximum atomic E-state index is 10.6. The number of hydrogen-bond acceptors (Lipinski definition) is 1. The first-order valence-corrected chi connectivity index (χ1v) is 6.94.